The Kier molecular flexibility index (Phi) is 5.92. The van der Waals surface area contributed by atoms with Crippen LogP contribution >= 0.6 is 0 Å². The molecule has 0 amide bonds. The number of nitrogens with zero attached hydrogens (tertiary/aromatic N) is 1. The van der Waals surface area contributed by atoms with Crippen LogP contribution < -0.4 is 0 Å². The third-order valence-electron chi connectivity index (χ3n) is 5.76. The summed E-state index contributed by atoms with van der Waals surface area (Å²) in [6.45, 7) is 3.26. The minimum absolute atomic E-state index is 0.587. The maximum absolute atomic E-state index is 2.40. The molecule has 0 spiro atoms. The number of hydrogen-bond acceptors (Lipinski definition) is 0. The quantitative estimate of drug-likeness (QED) is 0.291. The average molecular weight is 368 g/mol. The lowest BCUT2D eigenvalue weighted by molar-refractivity contribution is 0.536. The van der Waals surface area contributed by atoms with E-state index in [1.165, 1.54) is 46.9 Å². The third-order valence-corrected chi connectivity index (χ3v) is 5.76. The van der Waals surface area contributed by atoms with Gasteiger partial charge in [-0.25, -0.2) is 0 Å². The molecule has 1 nitrogen and oxygen atoms in total. The molecule has 4 rings (SSSR count). The lowest BCUT2D eigenvalue weighted by Gasteiger charge is -2.18. The molecule has 142 valence electrons. The van der Waals surface area contributed by atoms with Crippen molar-refractivity contribution in [1.29, 1.82) is 0 Å². The second-order valence-electron chi connectivity index (χ2n) is 7.86. The highest BCUT2D eigenvalue weighted by molar-refractivity contribution is 5.79. The van der Waals surface area contributed by atoms with Crippen LogP contribution in [0.2, 0.25) is 0 Å². The van der Waals surface area contributed by atoms with Crippen LogP contribution in [0.5, 0.6) is 0 Å². The molecular weight excluding hydrogens is 338 g/mol. The summed E-state index contributed by atoms with van der Waals surface area (Å²) < 4.78 is 2.40. The number of unbranched alkanes of at least 4 members (excludes halogenated alkanes) is 1. The third kappa shape index (κ3) is 4.54. The van der Waals surface area contributed by atoms with Gasteiger partial charge in [0.2, 0.25) is 0 Å². The molecule has 0 aliphatic rings. The molecule has 0 N–H and O–H groups in total. The van der Waals surface area contributed by atoms with Crippen LogP contribution in [0.25, 0.3) is 10.9 Å². The van der Waals surface area contributed by atoms with E-state index in [1.807, 2.05) is 0 Å². The van der Waals surface area contributed by atoms with Crippen molar-refractivity contribution in [3.8, 4) is 0 Å². The van der Waals surface area contributed by atoms with Gasteiger partial charge >= 0.3 is 0 Å². The van der Waals surface area contributed by atoms with Gasteiger partial charge in [0, 0.05) is 18.3 Å². The Hall–Kier alpha value is -2.80. The second kappa shape index (κ2) is 8.93. The zero-order valence-corrected chi connectivity index (χ0v) is 16.7. The topological polar surface area (TPSA) is 4.93 Å². The number of fused-ring (bicyclic) bond motifs is 1. The van der Waals surface area contributed by atoms with Crippen molar-refractivity contribution in [3.05, 3.63) is 108 Å². The standard InChI is InChI=1S/C27H29N/c1-22-14-16-24(17-15-22)26(21-23-9-3-2-4-10-23)12-7-8-19-28-20-18-25-11-5-6-13-27(25)28/h2-6,9-11,13-18,20,26H,7-8,12,19,21H2,1H3/t26-/m1/s1. The van der Waals surface area contributed by atoms with Crippen LogP contribution in [0.4, 0.5) is 0 Å². The summed E-state index contributed by atoms with van der Waals surface area (Å²) in [4.78, 5) is 0. The van der Waals surface area contributed by atoms with E-state index in [0.29, 0.717) is 5.92 Å². The molecular formula is C27H29N. The lowest BCUT2D eigenvalue weighted by Crippen LogP contribution is -2.05. The summed E-state index contributed by atoms with van der Waals surface area (Å²) in [7, 11) is 0. The minimum Gasteiger partial charge on any atom is -0.347 e. The van der Waals surface area contributed by atoms with Crippen molar-refractivity contribution in [2.45, 2.75) is 45.1 Å². The SMILES string of the molecule is Cc1ccc([C@H](CCCCn2ccc3ccccc32)Cc2ccccc2)cc1. The minimum atomic E-state index is 0.587. The van der Waals surface area contributed by atoms with Crippen molar-refractivity contribution >= 4 is 10.9 Å². The summed E-state index contributed by atoms with van der Waals surface area (Å²) in [6, 6.07) is 30.9. The molecule has 0 saturated carbocycles. The fourth-order valence-corrected chi connectivity index (χ4v) is 4.13. The van der Waals surface area contributed by atoms with Gasteiger partial charge in [-0.05, 0) is 60.7 Å². The Labute approximate surface area is 168 Å². The number of rotatable bonds is 8. The Morgan fingerprint density at radius 1 is 0.750 bits per heavy atom. The van der Waals surface area contributed by atoms with Gasteiger partial charge in [0.15, 0.2) is 0 Å². The fraction of sp³-hybridized carbons (Fsp3) is 0.259. The highest BCUT2D eigenvalue weighted by Gasteiger charge is 2.12. The summed E-state index contributed by atoms with van der Waals surface area (Å²) in [5, 5.41) is 1.34. The van der Waals surface area contributed by atoms with E-state index in [2.05, 4.69) is 103 Å². The largest absolute Gasteiger partial charge is 0.347 e. The molecule has 0 bridgehead atoms. The highest BCUT2D eigenvalue weighted by atomic mass is 14.9. The van der Waals surface area contributed by atoms with Gasteiger partial charge in [0.05, 0.1) is 0 Å². The summed E-state index contributed by atoms with van der Waals surface area (Å²) in [6.07, 6.45) is 7.05. The van der Waals surface area contributed by atoms with E-state index in [4.69, 9.17) is 0 Å². The first kappa shape index (κ1) is 18.6. The first-order valence-electron chi connectivity index (χ1n) is 10.4. The van der Waals surface area contributed by atoms with Gasteiger partial charge < -0.3 is 4.57 Å². The number of para-hydroxylation sites is 1. The van der Waals surface area contributed by atoms with Crippen molar-refractivity contribution in [3.63, 3.8) is 0 Å². The Morgan fingerprint density at radius 3 is 2.32 bits per heavy atom. The van der Waals surface area contributed by atoms with E-state index in [9.17, 15) is 0 Å². The summed E-state index contributed by atoms with van der Waals surface area (Å²) >= 11 is 0. The first-order valence-corrected chi connectivity index (χ1v) is 10.4. The second-order valence-corrected chi connectivity index (χ2v) is 7.86. The normalized spacial score (nSPS) is 12.3. The summed E-state index contributed by atoms with van der Waals surface area (Å²) in [5.41, 5.74) is 5.59. The molecule has 0 saturated heterocycles. The molecule has 0 radical (unpaired) electrons. The van der Waals surface area contributed by atoms with Gasteiger partial charge in [-0.2, -0.15) is 0 Å². The van der Waals surface area contributed by atoms with Crippen LogP contribution in [0, 0.1) is 6.92 Å². The van der Waals surface area contributed by atoms with E-state index in [-0.39, 0.29) is 0 Å². The molecule has 0 fully saturated rings. The zero-order valence-electron chi connectivity index (χ0n) is 16.7. The number of aryl methyl sites for hydroxylation is 2. The summed E-state index contributed by atoms with van der Waals surface area (Å²) in [5.74, 6) is 0.587. The predicted octanol–water partition coefficient (Wildman–Crippen LogP) is 7.15. The van der Waals surface area contributed by atoms with Gasteiger partial charge in [-0.1, -0.05) is 84.8 Å². The van der Waals surface area contributed by atoms with Crippen molar-refractivity contribution in [2.24, 2.45) is 0 Å². The van der Waals surface area contributed by atoms with Crippen LogP contribution in [-0.2, 0) is 13.0 Å². The van der Waals surface area contributed by atoms with Crippen LogP contribution in [-0.4, -0.2) is 4.57 Å². The smallest absolute Gasteiger partial charge is 0.0480 e. The lowest BCUT2D eigenvalue weighted by atomic mass is 9.87. The monoisotopic (exact) mass is 367 g/mol. The maximum Gasteiger partial charge on any atom is 0.0480 e. The molecule has 1 heterocycles. The molecule has 4 aromatic rings. The molecule has 3 aromatic carbocycles. The average Bonchev–Trinajstić information content (AvgIpc) is 3.15. The maximum atomic E-state index is 2.40. The molecule has 0 unspecified atom stereocenters. The molecule has 0 aliphatic heterocycles. The number of hydrogen-bond donors (Lipinski definition) is 0. The molecule has 1 aromatic heterocycles. The Bertz CT molecular complexity index is 995. The predicted molar refractivity (Wildman–Crippen MR) is 120 cm³/mol. The van der Waals surface area contributed by atoms with Gasteiger partial charge in [0.1, 0.15) is 0 Å². The van der Waals surface area contributed by atoms with Gasteiger partial charge in [-0.15, -0.1) is 0 Å². The van der Waals surface area contributed by atoms with Crippen molar-refractivity contribution in [1.82, 2.24) is 4.57 Å². The molecule has 1 heteroatoms. The van der Waals surface area contributed by atoms with Crippen LogP contribution in [0.3, 0.4) is 0 Å². The van der Waals surface area contributed by atoms with Crippen LogP contribution in [0.15, 0.2) is 91.1 Å². The van der Waals surface area contributed by atoms with E-state index in [1.54, 1.807) is 0 Å². The Balaban J connectivity index is 1.40. The number of aromatic nitrogens is 1. The van der Waals surface area contributed by atoms with E-state index in [0.717, 1.165) is 13.0 Å². The molecule has 0 aliphatic carbocycles. The number of benzene rings is 3. The van der Waals surface area contributed by atoms with Crippen molar-refractivity contribution < 1.29 is 0 Å². The van der Waals surface area contributed by atoms with Crippen LogP contribution in [0.1, 0.15) is 41.9 Å². The fourth-order valence-electron chi connectivity index (χ4n) is 4.13. The van der Waals surface area contributed by atoms with E-state index < -0.39 is 0 Å². The van der Waals surface area contributed by atoms with Gasteiger partial charge in [0.25, 0.3) is 0 Å². The van der Waals surface area contributed by atoms with E-state index >= 15 is 0 Å². The zero-order chi connectivity index (χ0) is 19.2. The Morgan fingerprint density at radius 2 is 1.50 bits per heavy atom. The molecule has 28 heavy (non-hydrogen) atoms. The first-order chi connectivity index (χ1) is 13.8. The van der Waals surface area contributed by atoms with Gasteiger partial charge in [-0.3, -0.25) is 0 Å². The molecule has 1 atom stereocenters. The van der Waals surface area contributed by atoms with Crippen molar-refractivity contribution in [2.75, 3.05) is 0 Å². The highest BCUT2D eigenvalue weighted by Crippen LogP contribution is 2.27.